The molecule has 2 aliphatic rings. The van der Waals surface area contributed by atoms with E-state index >= 15 is 0 Å². The lowest BCUT2D eigenvalue weighted by atomic mass is 10.0. The van der Waals surface area contributed by atoms with Crippen LogP contribution in [0.5, 0.6) is 5.75 Å². The van der Waals surface area contributed by atoms with Gasteiger partial charge in [0.15, 0.2) is 0 Å². The predicted octanol–water partition coefficient (Wildman–Crippen LogP) is 2.96. The van der Waals surface area contributed by atoms with E-state index in [4.69, 9.17) is 0 Å². The molecular formula is C20H23F3N4O2. The molecule has 9 heteroatoms. The van der Waals surface area contributed by atoms with Gasteiger partial charge in [0, 0.05) is 25.8 Å². The Labute approximate surface area is 166 Å². The van der Waals surface area contributed by atoms with Crippen LogP contribution in [0.1, 0.15) is 28.9 Å². The van der Waals surface area contributed by atoms with Gasteiger partial charge in [0.05, 0.1) is 6.33 Å². The molecule has 1 aliphatic heterocycles. The minimum absolute atomic E-state index is 0.0359. The maximum absolute atomic E-state index is 13.2. The Morgan fingerprint density at radius 2 is 2.03 bits per heavy atom. The van der Waals surface area contributed by atoms with Crippen molar-refractivity contribution < 1.29 is 22.7 Å². The number of halogens is 3. The van der Waals surface area contributed by atoms with Gasteiger partial charge >= 0.3 is 6.36 Å². The number of carbonyl (C=O) groups excluding carboxylic acids is 1. The van der Waals surface area contributed by atoms with Crippen LogP contribution >= 0.6 is 0 Å². The monoisotopic (exact) mass is 408 g/mol. The summed E-state index contributed by atoms with van der Waals surface area (Å²) in [6.45, 7) is 2.10. The molecule has 3 atom stereocenters. The molecule has 1 aliphatic carbocycles. The first-order valence-corrected chi connectivity index (χ1v) is 9.63. The molecule has 4 rings (SSSR count). The van der Waals surface area contributed by atoms with Gasteiger partial charge < -0.3 is 19.5 Å². The van der Waals surface area contributed by atoms with Crippen LogP contribution in [-0.2, 0) is 13.6 Å². The van der Waals surface area contributed by atoms with Gasteiger partial charge in [0.2, 0.25) is 0 Å². The van der Waals surface area contributed by atoms with E-state index in [-0.39, 0.29) is 24.2 Å². The predicted molar refractivity (Wildman–Crippen MR) is 99.1 cm³/mol. The average Bonchev–Trinajstić information content (AvgIpc) is 3.34. The SMILES string of the molecule is Cn1cnc(C(=O)N(Cc2cccc(OC(F)(F)F)c2)C2C[C@H]3CNC[C@H]3C2)c1. The van der Waals surface area contributed by atoms with Crippen molar-refractivity contribution >= 4 is 5.91 Å². The highest BCUT2D eigenvalue weighted by Crippen LogP contribution is 2.38. The first-order chi connectivity index (χ1) is 13.8. The molecule has 1 saturated carbocycles. The Kier molecular flexibility index (Phi) is 5.24. The van der Waals surface area contributed by atoms with Crippen LogP contribution in [0.15, 0.2) is 36.8 Å². The third-order valence-electron chi connectivity index (χ3n) is 5.74. The maximum atomic E-state index is 13.2. The van der Waals surface area contributed by atoms with Crippen molar-refractivity contribution in [1.82, 2.24) is 19.8 Å². The van der Waals surface area contributed by atoms with E-state index < -0.39 is 6.36 Å². The standard InChI is InChI=1S/C20H23F3N4O2/c1-26-11-18(25-12-26)19(28)27(16-6-14-8-24-9-15(14)7-16)10-13-3-2-4-17(5-13)29-20(21,22)23/h2-5,11-12,14-16,24H,6-10H2,1H3/t14-,15+,16?. The van der Waals surface area contributed by atoms with E-state index in [2.05, 4.69) is 15.0 Å². The maximum Gasteiger partial charge on any atom is 0.573 e. The minimum Gasteiger partial charge on any atom is -0.406 e. The van der Waals surface area contributed by atoms with Gasteiger partial charge in [-0.05, 0) is 55.5 Å². The van der Waals surface area contributed by atoms with E-state index in [0.29, 0.717) is 23.1 Å². The second-order valence-corrected chi connectivity index (χ2v) is 7.86. The highest BCUT2D eigenvalue weighted by Gasteiger charge is 2.41. The number of aryl methyl sites for hydroxylation is 1. The summed E-state index contributed by atoms with van der Waals surface area (Å²) in [5.74, 6) is 0.566. The molecule has 1 aromatic heterocycles. The van der Waals surface area contributed by atoms with Gasteiger partial charge in [0.25, 0.3) is 5.91 Å². The zero-order valence-corrected chi connectivity index (χ0v) is 16.0. The van der Waals surface area contributed by atoms with Gasteiger partial charge in [-0.25, -0.2) is 4.98 Å². The summed E-state index contributed by atoms with van der Waals surface area (Å²) in [7, 11) is 1.79. The number of carbonyl (C=O) groups is 1. The van der Waals surface area contributed by atoms with Gasteiger partial charge in [0.1, 0.15) is 11.4 Å². The third kappa shape index (κ3) is 4.55. The van der Waals surface area contributed by atoms with Crippen molar-refractivity contribution in [2.75, 3.05) is 13.1 Å². The van der Waals surface area contributed by atoms with Crippen molar-refractivity contribution in [1.29, 1.82) is 0 Å². The Morgan fingerprint density at radius 1 is 1.31 bits per heavy atom. The fraction of sp³-hybridized carbons (Fsp3) is 0.500. The molecule has 2 heterocycles. The second kappa shape index (κ2) is 7.70. The Bertz CT molecular complexity index is 871. The van der Waals surface area contributed by atoms with E-state index in [9.17, 15) is 18.0 Å². The normalized spacial score (nSPS) is 23.8. The molecule has 0 bridgehead atoms. The Morgan fingerprint density at radius 3 is 2.66 bits per heavy atom. The van der Waals surface area contributed by atoms with E-state index in [1.165, 1.54) is 18.2 Å². The summed E-state index contributed by atoms with van der Waals surface area (Å²) < 4.78 is 43.4. The number of rotatable bonds is 5. The molecule has 1 aromatic carbocycles. The molecule has 6 nitrogen and oxygen atoms in total. The summed E-state index contributed by atoms with van der Waals surface area (Å²) in [5, 5.41) is 3.38. The lowest BCUT2D eigenvalue weighted by molar-refractivity contribution is -0.274. The zero-order valence-electron chi connectivity index (χ0n) is 16.0. The summed E-state index contributed by atoms with van der Waals surface area (Å²) in [6.07, 6.45) is 0.244. The van der Waals surface area contributed by atoms with Crippen molar-refractivity contribution in [3.63, 3.8) is 0 Å². The van der Waals surface area contributed by atoms with Crippen LogP contribution in [0.25, 0.3) is 0 Å². The number of imidazole rings is 1. The lowest BCUT2D eigenvalue weighted by Crippen LogP contribution is -2.39. The summed E-state index contributed by atoms with van der Waals surface area (Å²) in [6, 6.07) is 5.84. The summed E-state index contributed by atoms with van der Waals surface area (Å²) in [4.78, 5) is 19.1. The first-order valence-electron chi connectivity index (χ1n) is 9.63. The number of alkyl halides is 3. The number of aromatic nitrogens is 2. The van der Waals surface area contributed by atoms with Crippen LogP contribution < -0.4 is 10.1 Å². The second-order valence-electron chi connectivity index (χ2n) is 7.86. The Hall–Kier alpha value is -2.55. The topological polar surface area (TPSA) is 59.4 Å². The smallest absolute Gasteiger partial charge is 0.406 e. The van der Waals surface area contributed by atoms with Crippen LogP contribution in [0.4, 0.5) is 13.2 Å². The van der Waals surface area contributed by atoms with Gasteiger partial charge in [-0.3, -0.25) is 4.79 Å². The number of fused-ring (bicyclic) bond motifs is 1. The number of benzene rings is 1. The van der Waals surface area contributed by atoms with E-state index in [1.807, 2.05) is 0 Å². The number of hydrogen-bond acceptors (Lipinski definition) is 4. The molecule has 29 heavy (non-hydrogen) atoms. The average molecular weight is 408 g/mol. The molecule has 1 N–H and O–H groups in total. The van der Waals surface area contributed by atoms with Gasteiger partial charge in [-0.2, -0.15) is 0 Å². The fourth-order valence-corrected chi connectivity index (χ4v) is 4.46. The molecule has 1 unspecified atom stereocenters. The minimum atomic E-state index is -4.75. The third-order valence-corrected chi connectivity index (χ3v) is 5.74. The zero-order chi connectivity index (χ0) is 20.6. The molecule has 1 amide bonds. The van der Waals surface area contributed by atoms with Gasteiger partial charge in [-0.1, -0.05) is 12.1 Å². The highest BCUT2D eigenvalue weighted by atomic mass is 19.4. The number of ether oxygens (including phenoxy) is 1. The number of amides is 1. The number of nitrogens with one attached hydrogen (secondary N) is 1. The largest absolute Gasteiger partial charge is 0.573 e. The van der Waals surface area contributed by atoms with Crippen LogP contribution in [0.3, 0.4) is 0 Å². The molecule has 1 saturated heterocycles. The highest BCUT2D eigenvalue weighted by molar-refractivity contribution is 5.92. The number of nitrogens with zero attached hydrogens (tertiary/aromatic N) is 3. The molecule has 2 aromatic rings. The number of hydrogen-bond donors (Lipinski definition) is 1. The van der Waals surface area contributed by atoms with Gasteiger partial charge in [-0.15, -0.1) is 13.2 Å². The molecule has 156 valence electrons. The quantitative estimate of drug-likeness (QED) is 0.827. The molecule has 0 radical (unpaired) electrons. The first kappa shape index (κ1) is 19.8. The van der Waals surface area contributed by atoms with Crippen LogP contribution in [0.2, 0.25) is 0 Å². The van der Waals surface area contributed by atoms with Crippen LogP contribution in [0, 0.1) is 11.8 Å². The Balaban J connectivity index is 1.57. The van der Waals surface area contributed by atoms with Crippen molar-refractivity contribution in [3.05, 3.63) is 48.0 Å². The molecular weight excluding hydrogens is 385 g/mol. The van der Waals surface area contributed by atoms with Crippen molar-refractivity contribution in [2.45, 2.75) is 31.8 Å². The summed E-state index contributed by atoms with van der Waals surface area (Å²) >= 11 is 0. The van der Waals surface area contributed by atoms with Crippen molar-refractivity contribution in [3.8, 4) is 5.75 Å². The van der Waals surface area contributed by atoms with E-state index in [1.54, 1.807) is 35.1 Å². The molecule has 2 fully saturated rings. The lowest BCUT2D eigenvalue weighted by Gasteiger charge is -2.29. The van der Waals surface area contributed by atoms with E-state index in [0.717, 1.165) is 25.9 Å². The van der Waals surface area contributed by atoms with Crippen LogP contribution in [-0.4, -0.2) is 45.9 Å². The fourth-order valence-electron chi connectivity index (χ4n) is 4.46. The van der Waals surface area contributed by atoms with Crippen molar-refractivity contribution in [2.24, 2.45) is 18.9 Å². The summed E-state index contributed by atoms with van der Waals surface area (Å²) in [5.41, 5.74) is 0.927. The molecule has 0 spiro atoms.